The molecule has 0 fully saturated rings. The average molecular weight is 401 g/mol. The van der Waals surface area contributed by atoms with Gasteiger partial charge in [0.2, 0.25) is 0 Å². The molecule has 2 heteroatoms. The Labute approximate surface area is 171 Å². The van der Waals surface area contributed by atoms with Crippen LogP contribution in [0.4, 0.5) is 0 Å². The first-order chi connectivity index (χ1) is 13.7. The predicted molar refractivity (Wildman–Crippen MR) is 127 cm³/mol. The molecule has 0 unspecified atom stereocenters. The number of rotatable bonds is 5. The Balaban J connectivity index is 2.20. The van der Waals surface area contributed by atoms with Gasteiger partial charge in [0, 0.05) is 0 Å². The number of halogens is 1. The van der Waals surface area contributed by atoms with Gasteiger partial charge in [0.25, 0.3) is 0 Å². The first-order valence-electron chi connectivity index (χ1n) is 9.31. The fraction of sp³-hybridized carbons (Fsp3) is 0. The molecule has 0 aliphatic carbocycles. The molecule has 0 heterocycles. The number of benzene rings is 4. The molecule has 0 saturated carbocycles. The Hall–Kier alpha value is -2.66. The second-order valence-electron chi connectivity index (χ2n) is 6.81. The second-order valence-corrected chi connectivity index (χ2v) is 12.9. The average Bonchev–Trinajstić information content (AvgIpc) is 2.80. The van der Waals surface area contributed by atoms with Gasteiger partial charge in [-0.25, -0.2) is 0 Å². The maximum absolute atomic E-state index is 8.10. The Morgan fingerprint density at radius 3 is 1.14 bits per heavy atom. The van der Waals surface area contributed by atoms with E-state index in [0.29, 0.717) is 0 Å². The van der Waals surface area contributed by atoms with Crippen LogP contribution >= 0.6 is 17.2 Å². The summed E-state index contributed by atoms with van der Waals surface area (Å²) in [7, 11) is 0. The molecule has 0 amide bonds. The van der Waals surface area contributed by atoms with E-state index in [1.165, 1.54) is 0 Å². The van der Waals surface area contributed by atoms with Crippen LogP contribution in [0, 0.1) is 0 Å². The summed E-state index contributed by atoms with van der Waals surface area (Å²) in [5.74, 6) is -3.42. The molecular weight excluding hydrogens is 379 g/mol. The van der Waals surface area contributed by atoms with E-state index in [9.17, 15) is 0 Å². The van der Waals surface area contributed by atoms with Crippen LogP contribution < -0.4 is 21.2 Å². The molecule has 4 aromatic rings. The van der Waals surface area contributed by atoms with Crippen molar-refractivity contribution in [1.29, 1.82) is 0 Å². The van der Waals surface area contributed by atoms with Gasteiger partial charge < -0.3 is 0 Å². The predicted octanol–water partition coefficient (Wildman–Crippen LogP) is 5.64. The zero-order valence-corrected chi connectivity index (χ0v) is 17.2. The van der Waals surface area contributed by atoms with Gasteiger partial charge in [-0.2, -0.15) is 0 Å². The molecule has 0 radical (unpaired) electrons. The van der Waals surface area contributed by atoms with E-state index in [2.05, 4.69) is 104 Å². The Kier molecular flexibility index (Phi) is 4.94. The molecule has 0 nitrogen and oxygen atoms in total. The van der Waals surface area contributed by atoms with Crippen molar-refractivity contribution in [3.8, 4) is 0 Å². The summed E-state index contributed by atoms with van der Waals surface area (Å²) in [6, 6.07) is 40.0. The topological polar surface area (TPSA) is 0 Å². The summed E-state index contributed by atoms with van der Waals surface area (Å²) in [5.41, 5.74) is 1.08. The van der Waals surface area contributed by atoms with Crippen molar-refractivity contribution < 1.29 is 0 Å². The van der Waals surface area contributed by atoms with E-state index in [4.69, 9.17) is 11.2 Å². The van der Waals surface area contributed by atoms with Gasteiger partial charge in [-0.15, -0.1) is 0 Å². The molecule has 28 heavy (non-hydrogen) atoms. The minimum absolute atomic E-state index is 1.08. The molecule has 0 aliphatic heterocycles. The van der Waals surface area contributed by atoms with Crippen molar-refractivity contribution in [2.75, 3.05) is 0 Å². The van der Waals surface area contributed by atoms with Crippen LogP contribution in [0.15, 0.2) is 122 Å². The van der Waals surface area contributed by atoms with Crippen molar-refractivity contribution in [3.05, 3.63) is 127 Å². The SMILES string of the molecule is C=Cc1ccc(P(Cl)(c2ccccc2)(c2ccccc2)c2ccccc2)cc1. The first kappa shape index (κ1) is 18.7. The summed E-state index contributed by atoms with van der Waals surface area (Å²) in [4.78, 5) is 0. The van der Waals surface area contributed by atoms with Crippen molar-refractivity contribution in [2.24, 2.45) is 0 Å². The third kappa shape index (κ3) is 2.73. The second kappa shape index (κ2) is 7.40. The van der Waals surface area contributed by atoms with Gasteiger partial charge in [0.1, 0.15) is 0 Å². The summed E-state index contributed by atoms with van der Waals surface area (Å²) < 4.78 is 0. The molecule has 0 saturated heterocycles. The zero-order chi connectivity index (χ0) is 19.5. The quantitative estimate of drug-likeness (QED) is 0.380. The monoisotopic (exact) mass is 400 g/mol. The van der Waals surface area contributed by atoms with Crippen molar-refractivity contribution in [3.63, 3.8) is 0 Å². The summed E-state index contributed by atoms with van der Waals surface area (Å²) in [6.07, 6.45) is 1.86. The van der Waals surface area contributed by atoms with Gasteiger partial charge >= 0.3 is 172 Å². The van der Waals surface area contributed by atoms with Crippen molar-refractivity contribution in [1.82, 2.24) is 0 Å². The third-order valence-electron chi connectivity index (χ3n) is 5.34. The fourth-order valence-corrected chi connectivity index (χ4v) is 9.95. The van der Waals surface area contributed by atoms with Gasteiger partial charge in [0.15, 0.2) is 0 Å². The van der Waals surface area contributed by atoms with Gasteiger partial charge in [-0.3, -0.25) is 0 Å². The van der Waals surface area contributed by atoms with E-state index in [0.717, 1.165) is 26.8 Å². The van der Waals surface area contributed by atoms with Crippen molar-refractivity contribution in [2.45, 2.75) is 0 Å². The maximum atomic E-state index is 8.10. The van der Waals surface area contributed by atoms with E-state index in [1.54, 1.807) is 0 Å². The zero-order valence-electron chi connectivity index (χ0n) is 15.6. The molecule has 4 rings (SSSR count). The fourth-order valence-electron chi connectivity index (χ4n) is 3.91. The molecule has 0 bridgehead atoms. The van der Waals surface area contributed by atoms with Crippen molar-refractivity contribution >= 4 is 44.5 Å². The van der Waals surface area contributed by atoms with Gasteiger partial charge in [0.05, 0.1) is 0 Å². The summed E-state index contributed by atoms with van der Waals surface area (Å²) in [6.45, 7) is 3.89. The summed E-state index contributed by atoms with van der Waals surface area (Å²) >= 11 is 8.10. The van der Waals surface area contributed by atoms with Crippen LogP contribution in [-0.4, -0.2) is 0 Å². The normalized spacial score (nSPS) is 12.7. The van der Waals surface area contributed by atoms with Gasteiger partial charge in [-0.05, 0) is 0 Å². The van der Waals surface area contributed by atoms with Crippen LogP contribution in [0.5, 0.6) is 0 Å². The molecule has 0 aliphatic rings. The minimum atomic E-state index is -3.42. The van der Waals surface area contributed by atoms with E-state index < -0.39 is 5.96 Å². The number of hydrogen-bond acceptors (Lipinski definition) is 0. The Bertz CT molecular complexity index is 972. The molecule has 0 spiro atoms. The van der Waals surface area contributed by atoms with Crippen LogP contribution in [0.25, 0.3) is 6.08 Å². The van der Waals surface area contributed by atoms with Crippen LogP contribution in [-0.2, 0) is 0 Å². The van der Waals surface area contributed by atoms with E-state index in [1.807, 2.05) is 24.3 Å². The Morgan fingerprint density at radius 1 is 0.500 bits per heavy atom. The standard InChI is InChI=1S/C26H22ClP/c1-2-22-18-20-26(21-19-22)28(27,23-12-6-3-7-13-23,24-14-8-4-9-15-24)25-16-10-5-11-17-25/h2-21H,1H2. The molecule has 0 aromatic heterocycles. The molecule has 138 valence electrons. The van der Waals surface area contributed by atoms with Crippen LogP contribution in [0.3, 0.4) is 0 Å². The third-order valence-corrected chi connectivity index (χ3v) is 12.8. The molecule has 0 N–H and O–H groups in total. The van der Waals surface area contributed by atoms with Crippen LogP contribution in [0.1, 0.15) is 5.56 Å². The molecule has 0 atom stereocenters. The van der Waals surface area contributed by atoms with E-state index in [-0.39, 0.29) is 0 Å². The van der Waals surface area contributed by atoms with E-state index >= 15 is 0 Å². The Morgan fingerprint density at radius 2 is 0.821 bits per heavy atom. The summed E-state index contributed by atoms with van der Waals surface area (Å²) in [5, 5.41) is 4.54. The first-order valence-corrected chi connectivity index (χ1v) is 12.5. The molecule has 4 aromatic carbocycles. The molecular formula is C26H22ClP. The number of hydrogen-bond donors (Lipinski definition) is 0. The van der Waals surface area contributed by atoms with Gasteiger partial charge in [-0.1, -0.05) is 0 Å². The van der Waals surface area contributed by atoms with Crippen LogP contribution in [0.2, 0.25) is 0 Å².